The van der Waals surface area contributed by atoms with E-state index in [-0.39, 0.29) is 5.41 Å². The van der Waals surface area contributed by atoms with Gasteiger partial charge in [-0.25, -0.2) is 0 Å². The predicted octanol–water partition coefficient (Wildman–Crippen LogP) is 3.54. The maximum Gasteiger partial charge on any atom is 0.0294 e. The summed E-state index contributed by atoms with van der Waals surface area (Å²) in [4.78, 5) is 2.25. The number of nitrogens with one attached hydrogen (secondary N) is 1. The van der Waals surface area contributed by atoms with Crippen LogP contribution in [0.4, 0.5) is 0 Å². The highest BCUT2D eigenvalue weighted by molar-refractivity contribution is 5.32. The lowest BCUT2D eigenvalue weighted by atomic mass is 9.91. The van der Waals surface area contributed by atoms with Gasteiger partial charge < -0.3 is 10.2 Å². The molecule has 0 heterocycles. The van der Waals surface area contributed by atoms with Crippen LogP contribution in [0.1, 0.15) is 43.5 Å². The molecule has 0 aliphatic rings. The zero-order valence-corrected chi connectivity index (χ0v) is 13.7. The molecule has 1 atom stereocenters. The summed E-state index contributed by atoms with van der Waals surface area (Å²) >= 11 is 0. The highest BCUT2D eigenvalue weighted by Gasteiger charge is 2.20. The zero-order valence-electron chi connectivity index (χ0n) is 13.7. The van der Waals surface area contributed by atoms with E-state index in [4.69, 9.17) is 0 Å². The molecule has 0 radical (unpaired) electrons. The summed E-state index contributed by atoms with van der Waals surface area (Å²) in [6, 6.07) is 7.12. The van der Waals surface area contributed by atoms with Crippen LogP contribution in [0.2, 0.25) is 0 Å². The monoisotopic (exact) mass is 262 g/mol. The molecule has 0 fully saturated rings. The van der Waals surface area contributed by atoms with Crippen molar-refractivity contribution in [3.8, 4) is 0 Å². The summed E-state index contributed by atoms with van der Waals surface area (Å²) in [6.07, 6.45) is 0. The minimum Gasteiger partial charge on any atom is -0.310 e. The van der Waals surface area contributed by atoms with E-state index in [1.165, 1.54) is 16.7 Å². The van der Waals surface area contributed by atoms with Gasteiger partial charge in [-0.15, -0.1) is 0 Å². The third kappa shape index (κ3) is 5.33. The van der Waals surface area contributed by atoms with Crippen molar-refractivity contribution in [2.45, 2.75) is 40.7 Å². The van der Waals surface area contributed by atoms with Crippen LogP contribution in [0.5, 0.6) is 0 Å². The Kier molecular flexibility index (Phi) is 5.57. The molecule has 0 aliphatic carbocycles. The maximum atomic E-state index is 3.68. The molecular weight excluding hydrogens is 232 g/mol. The number of benzene rings is 1. The molecule has 2 nitrogen and oxygen atoms in total. The summed E-state index contributed by atoms with van der Waals surface area (Å²) in [5.74, 6) is 0. The van der Waals surface area contributed by atoms with Crippen molar-refractivity contribution in [2.24, 2.45) is 5.41 Å². The number of hydrogen-bond acceptors (Lipinski definition) is 2. The molecule has 1 rings (SSSR count). The first-order valence-electron chi connectivity index (χ1n) is 7.16. The van der Waals surface area contributed by atoms with E-state index in [0.29, 0.717) is 6.04 Å². The van der Waals surface area contributed by atoms with Crippen molar-refractivity contribution in [3.63, 3.8) is 0 Å². The smallest absolute Gasteiger partial charge is 0.0294 e. The minimum atomic E-state index is 0.288. The van der Waals surface area contributed by atoms with E-state index < -0.39 is 0 Å². The molecule has 0 amide bonds. The second kappa shape index (κ2) is 6.53. The second-order valence-electron chi connectivity index (χ2n) is 6.86. The fourth-order valence-corrected chi connectivity index (χ4v) is 2.76. The molecule has 1 N–H and O–H groups in total. The van der Waals surface area contributed by atoms with Crippen molar-refractivity contribution in [1.29, 1.82) is 0 Å². The zero-order chi connectivity index (χ0) is 14.6. The molecule has 1 aromatic rings. The average molecular weight is 262 g/mol. The fraction of sp³-hybridized carbons (Fsp3) is 0.647. The average Bonchev–Trinajstić information content (AvgIpc) is 2.24. The molecular formula is C17H30N2. The Morgan fingerprint density at radius 2 is 1.84 bits per heavy atom. The van der Waals surface area contributed by atoms with Crippen molar-refractivity contribution in [1.82, 2.24) is 10.2 Å². The molecule has 2 heteroatoms. The first-order valence-corrected chi connectivity index (χ1v) is 7.16. The van der Waals surface area contributed by atoms with Gasteiger partial charge in [-0.2, -0.15) is 0 Å². The van der Waals surface area contributed by atoms with Gasteiger partial charge >= 0.3 is 0 Å². The largest absolute Gasteiger partial charge is 0.310 e. The number of hydrogen-bond donors (Lipinski definition) is 1. The van der Waals surface area contributed by atoms with Crippen LogP contribution in [0.15, 0.2) is 18.2 Å². The Morgan fingerprint density at radius 3 is 2.37 bits per heavy atom. The van der Waals surface area contributed by atoms with Crippen LogP contribution >= 0.6 is 0 Å². The quantitative estimate of drug-likeness (QED) is 0.843. The van der Waals surface area contributed by atoms with E-state index in [1.807, 2.05) is 0 Å². The van der Waals surface area contributed by atoms with Gasteiger partial charge in [0.25, 0.3) is 0 Å². The van der Waals surface area contributed by atoms with Crippen LogP contribution < -0.4 is 5.32 Å². The summed E-state index contributed by atoms with van der Waals surface area (Å²) in [7, 11) is 4.27. The first-order chi connectivity index (χ1) is 8.71. The number of rotatable bonds is 6. The van der Waals surface area contributed by atoms with Gasteiger partial charge in [-0.3, -0.25) is 0 Å². The number of nitrogens with zero attached hydrogens (tertiary/aromatic N) is 1. The summed E-state index contributed by atoms with van der Waals surface area (Å²) < 4.78 is 0. The van der Waals surface area contributed by atoms with E-state index in [2.05, 4.69) is 77.1 Å². The highest BCUT2D eigenvalue weighted by atomic mass is 15.1. The maximum absolute atomic E-state index is 3.68. The van der Waals surface area contributed by atoms with Crippen molar-refractivity contribution in [3.05, 3.63) is 34.9 Å². The SMILES string of the molecule is Cc1ccc(C(C)NCC(C)(C)CN(C)C)c(C)c1. The lowest BCUT2D eigenvalue weighted by molar-refractivity contribution is 0.227. The highest BCUT2D eigenvalue weighted by Crippen LogP contribution is 2.21. The molecule has 0 spiro atoms. The molecule has 19 heavy (non-hydrogen) atoms. The third-order valence-corrected chi connectivity index (χ3v) is 3.52. The van der Waals surface area contributed by atoms with Gasteiger partial charge in [0.1, 0.15) is 0 Å². The van der Waals surface area contributed by atoms with Gasteiger partial charge in [-0.1, -0.05) is 37.6 Å². The first kappa shape index (κ1) is 16.2. The second-order valence-corrected chi connectivity index (χ2v) is 6.86. The molecule has 0 saturated carbocycles. The molecule has 0 saturated heterocycles. The molecule has 0 aromatic heterocycles. The summed E-state index contributed by atoms with van der Waals surface area (Å²) in [5.41, 5.74) is 4.41. The normalized spacial score (nSPS) is 13.9. The van der Waals surface area contributed by atoms with Gasteiger partial charge in [0.15, 0.2) is 0 Å². The molecule has 108 valence electrons. The minimum absolute atomic E-state index is 0.288. The third-order valence-electron chi connectivity index (χ3n) is 3.52. The van der Waals surface area contributed by atoms with E-state index in [0.717, 1.165) is 13.1 Å². The van der Waals surface area contributed by atoms with Crippen LogP contribution in [0.25, 0.3) is 0 Å². The Balaban J connectivity index is 2.62. The lowest BCUT2D eigenvalue weighted by Crippen LogP contribution is -2.38. The van der Waals surface area contributed by atoms with Crippen LogP contribution in [0, 0.1) is 19.3 Å². The lowest BCUT2D eigenvalue weighted by Gasteiger charge is -2.30. The predicted molar refractivity (Wildman–Crippen MR) is 84.7 cm³/mol. The standard InChI is InChI=1S/C17H30N2/c1-13-8-9-16(14(2)10-13)15(3)18-11-17(4,5)12-19(6)7/h8-10,15,18H,11-12H2,1-7H3. The van der Waals surface area contributed by atoms with Crippen LogP contribution in [-0.4, -0.2) is 32.1 Å². The Hall–Kier alpha value is -0.860. The van der Waals surface area contributed by atoms with Crippen molar-refractivity contribution < 1.29 is 0 Å². The molecule has 0 aliphatic heterocycles. The molecule has 0 bridgehead atoms. The Labute approximate surface area is 119 Å². The topological polar surface area (TPSA) is 15.3 Å². The van der Waals surface area contributed by atoms with E-state index in [1.54, 1.807) is 0 Å². The van der Waals surface area contributed by atoms with Crippen LogP contribution in [-0.2, 0) is 0 Å². The van der Waals surface area contributed by atoms with E-state index >= 15 is 0 Å². The van der Waals surface area contributed by atoms with Gasteiger partial charge in [0.05, 0.1) is 0 Å². The van der Waals surface area contributed by atoms with Crippen molar-refractivity contribution >= 4 is 0 Å². The van der Waals surface area contributed by atoms with Gasteiger partial charge in [0.2, 0.25) is 0 Å². The van der Waals surface area contributed by atoms with Crippen LogP contribution in [0.3, 0.4) is 0 Å². The van der Waals surface area contributed by atoms with Gasteiger partial charge in [0, 0.05) is 19.1 Å². The van der Waals surface area contributed by atoms with E-state index in [9.17, 15) is 0 Å². The number of aryl methyl sites for hydroxylation is 2. The summed E-state index contributed by atoms with van der Waals surface area (Å²) in [6.45, 7) is 13.4. The fourth-order valence-electron chi connectivity index (χ4n) is 2.76. The Bertz CT molecular complexity index is 408. The molecule has 1 aromatic carbocycles. The van der Waals surface area contributed by atoms with Gasteiger partial charge in [-0.05, 0) is 51.4 Å². The summed E-state index contributed by atoms with van der Waals surface area (Å²) in [5, 5.41) is 3.68. The Morgan fingerprint density at radius 1 is 1.21 bits per heavy atom. The van der Waals surface area contributed by atoms with Crippen molar-refractivity contribution in [2.75, 3.05) is 27.2 Å². The molecule has 1 unspecified atom stereocenters.